The van der Waals surface area contributed by atoms with Gasteiger partial charge in [0.15, 0.2) is 0 Å². The Bertz CT molecular complexity index is 677. The summed E-state index contributed by atoms with van der Waals surface area (Å²) in [6.45, 7) is 4.18. The molecule has 1 unspecified atom stereocenters. The molecule has 1 aromatic rings. The molecule has 1 aliphatic carbocycles. The number of benzene rings is 1. The van der Waals surface area contributed by atoms with E-state index in [0.717, 1.165) is 25.7 Å². The summed E-state index contributed by atoms with van der Waals surface area (Å²) < 4.78 is 27.8. The highest BCUT2D eigenvalue weighted by atomic mass is 35.5. The number of hydrogen-bond acceptors (Lipinski definition) is 3. The topological polar surface area (TPSA) is 70.0 Å². The average Bonchev–Trinajstić information content (AvgIpc) is 2.41. The number of nitriles is 1. The van der Waals surface area contributed by atoms with Gasteiger partial charge in [0, 0.05) is 6.04 Å². The lowest BCUT2D eigenvalue weighted by Crippen LogP contribution is -2.46. The summed E-state index contributed by atoms with van der Waals surface area (Å²) in [5, 5.41) is 9.00. The summed E-state index contributed by atoms with van der Waals surface area (Å²) in [5.41, 5.74) is 0.218. The number of rotatable bonds is 3. The van der Waals surface area contributed by atoms with Crippen molar-refractivity contribution in [3.8, 4) is 6.07 Å². The Morgan fingerprint density at radius 3 is 2.67 bits per heavy atom. The number of nitrogens with zero attached hydrogens (tertiary/aromatic N) is 1. The third kappa shape index (κ3) is 3.57. The standard InChI is InChI=1S/C15H19ClN2O2S/c1-15(2)8-4-3-5-14(15)18-21(19,20)12-7-6-11(10-17)13(16)9-12/h6-7,9,14,18H,3-5,8H2,1-2H3. The molecule has 0 heterocycles. The van der Waals surface area contributed by atoms with Crippen molar-refractivity contribution in [2.45, 2.75) is 50.5 Å². The summed E-state index contributed by atoms with van der Waals surface area (Å²) in [4.78, 5) is 0.105. The van der Waals surface area contributed by atoms with E-state index in [2.05, 4.69) is 18.6 Å². The monoisotopic (exact) mass is 326 g/mol. The van der Waals surface area contributed by atoms with Gasteiger partial charge in [0.2, 0.25) is 10.0 Å². The Hall–Kier alpha value is -1.09. The van der Waals surface area contributed by atoms with Crippen molar-refractivity contribution in [3.63, 3.8) is 0 Å². The van der Waals surface area contributed by atoms with Crippen molar-refractivity contribution in [2.75, 3.05) is 0 Å². The highest BCUT2D eigenvalue weighted by molar-refractivity contribution is 7.89. The fourth-order valence-electron chi connectivity index (χ4n) is 2.72. The maximum absolute atomic E-state index is 12.5. The van der Waals surface area contributed by atoms with Crippen LogP contribution in [0.4, 0.5) is 0 Å². The number of halogens is 1. The van der Waals surface area contributed by atoms with Gasteiger partial charge in [-0.05, 0) is 36.5 Å². The molecule has 0 bridgehead atoms. The lowest BCUT2D eigenvalue weighted by molar-refractivity contribution is 0.188. The Morgan fingerprint density at radius 1 is 1.38 bits per heavy atom. The van der Waals surface area contributed by atoms with Crippen LogP contribution in [0.15, 0.2) is 23.1 Å². The summed E-state index contributed by atoms with van der Waals surface area (Å²) >= 11 is 5.92. The van der Waals surface area contributed by atoms with E-state index in [4.69, 9.17) is 16.9 Å². The van der Waals surface area contributed by atoms with Crippen LogP contribution in [0.5, 0.6) is 0 Å². The summed E-state index contributed by atoms with van der Waals surface area (Å²) in [5.74, 6) is 0. The van der Waals surface area contributed by atoms with Gasteiger partial charge in [-0.15, -0.1) is 0 Å². The average molecular weight is 327 g/mol. The second kappa shape index (κ2) is 5.96. The van der Waals surface area contributed by atoms with Crippen molar-refractivity contribution in [3.05, 3.63) is 28.8 Å². The first kappa shape index (κ1) is 16.3. The van der Waals surface area contributed by atoms with E-state index in [-0.39, 0.29) is 26.9 Å². The number of nitrogens with one attached hydrogen (secondary N) is 1. The van der Waals surface area contributed by atoms with Crippen LogP contribution >= 0.6 is 11.6 Å². The van der Waals surface area contributed by atoms with Crippen molar-refractivity contribution in [1.82, 2.24) is 4.72 Å². The molecule has 114 valence electrons. The zero-order chi connectivity index (χ0) is 15.7. The molecule has 0 spiro atoms. The van der Waals surface area contributed by atoms with Crippen molar-refractivity contribution in [1.29, 1.82) is 5.26 Å². The van der Waals surface area contributed by atoms with E-state index in [1.54, 1.807) is 0 Å². The predicted octanol–water partition coefficient (Wildman–Crippen LogP) is 3.46. The quantitative estimate of drug-likeness (QED) is 0.924. The van der Waals surface area contributed by atoms with Gasteiger partial charge in [-0.1, -0.05) is 38.3 Å². The molecule has 0 saturated heterocycles. The smallest absolute Gasteiger partial charge is 0.208 e. The maximum Gasteiger partial charge on any atom is 0.240 e. The molecule has 6 heteroatoms. The Balaban J connectivity index is 2.26. The lowest BCUT2D eigenvalue weighted by atomic mass is 9.74. The minimum absolute atomic E-state index is 0.0539. The molecule has 1 atom stereocenters. The van der Waals surface area contributed by atoms with Crippen LogP contribution < -0.4 is 4.72 Å². The van der Waals surface area contributed by atoms with Gasteiger partial charge in [0.25, 0.3) is 0 Å². The highest BCUT2D eigenvalue weighted by Gasteiger charge is 2.35. The molecule has 4 nitrogen and oxygen atoms in total. The molecule has 0 aliphatic heterocycles. The largest absolute Gasteiger partial charge is 0.240 e. The van der Waals surface area contributed by atoms with Gasteiger partial charge >= 0.3 is 0 Å². The minimum atomic E-state index is -3.62. The third-order valence-electron chi connectivity index (χ3n) is 4.18. The molecule has 0 amide bonds. The Morgan fingerprint density at radius 2 is 2.10 bits per heavy atom. The first-order valence-electron chi connectivity index (χ1n) is 6.98. The van der Waals surface area contributed by atoms with Gasteiger partial charge in [0.05, 0.1) is 15.5 Å². The van der Waals surface area contributed by atoms with Crippen LogP contribution in [-0.2, 0) is 10.0 Å². The van der Waals surface area contributed by atoms with Gasteiger partial charge in [0.1, 0.15) is 6.07 Å². The highest BCUT2D eigenvalue weighted by Crippen LogP contribution is 2.36. The molecule has 1 aliphatic rings. The molecule has 0 aromatic heterocycles. The van der Waals surface area contributed by atoms with Crippen molar-refractivity contribution in [2.24, 2.45) is 5.41 Å². The molecule has 2 rings (SSSR count). The summed E-state index contributed by atoms with van der Waals surface area (Å²) in [6.07, 6.45) is 4.02. The van der Waals surface area contributed by atoms with Crippen molar-refractivity contribution >= 4 is 21.6 Å². The van der Waals surface area contributed by atoms with Gasteiger partial charge in [-0.3, -0.25) is 0 Å². The van der Waals surface area contributed by atoms with Crippen LogP contribution in [0.3, 0.4) is 0 Å². The van der Waals surface area contributed by atoms with Gasteiger partial charge in [-0.2, -0.15) is 5.26 Å². The zero-order valence-electron chi connectivity index (χ0n) is 12.2. The molecule has 1 aromatic carbocycles. The SMILES string of the molecule is CC1(C)CCCCC1NS(=O)(=O)c1ccc(C#N)c(Cl)c1. The van der Waals surface area contributed by atoms with E-state index < -0.39 is 10.0 Å². The van der Waals surface area contributed by atoms with Crippen LogP contribution in [0.2, 0.25) is 5.02 Å². The van der Waals surface area contributed by atoms with Crippen LogP contribution in [0, 0.1) is 16.7 Å². The van der Waals surface area contributed by atoms with E-state index in [1.807, 2.05) is 6.07 Å². The fourth-order valence-corrected chi connectivity index (χ4v) is 4.48. The van der Waals surface area contributed by atoms with E-state index in [0.29, 0.717) is 0 Å². The second-order valence-electron chi connectivity index (χ2n) is 6.16. The van der Waals surface area contributed by atoms with Crippen molar-refractivity contribution < 1.29 is 8.42 Å². The van der Waals surface area contributed by atoms with E-state index in [9.17, 15) is 8.42 Å². The first-order valence-corrected chi connectivity index (χ1v) is 8.84. The Labute approximate surface area is 131 Å². The molecule has 1 N–H and O–H groups in total. The van der Waals surface area contributed by atoms with Gasteiger partial charge in [-0.25, -0.2) is 13.1 Å². The molecular formula is C15H19ClN2O2S. The predicted molar refractivity (Wildman–Crippen MR) is 82.5 cm³/mol. The van der Waals surface area contributed by atoms with Crippen LogP contribution in [0.25, 0.3) is 0 Å². The molecule has 1 fully saturated rings. The molecule has 1 saturated carbocycles. The summed E-state index contributed by atoms with van der Waals surface area (Å²) in [6, 6.07) is 6.03. The second-order valence-corrected chi connectivity index (χ2v) is 8.28. The molecule has 0 radical (unpaired) electrons. The number of sulfonamides is 1. The maximum atomic E-state index is 12.5. The van der Waals surface area contributed by atoms with E-state index >= 15 is 0 Å². The lowest BCUT2D eigenvalue weighted by Gasteiger charge is -2.38. The number of hydrogen-bond donors (Lipinski definition) is 1. The van der Waals surface area contributed by atoms with E-state index in [1.165, 1.54) is 18.2 Å². The normalized spacial score (nSPS) is 21.7. The molecule has 21 heavy (non-hydrogen) atoms. The Kier molecular flexibility index (Phi) is 4.62. The zero-order valence-corrected chi connectivity index (χ0v) is 13.8. The van der Waals surface area contributed by atoms with Crippen LogP contribution in [-0.4, -0.2) is 14.5 Å². The minimum Gasteiger partial charge on any atom is -0.208 e. The fraction of sp³-hybridized carbons (Fsp3) is 0.533. The molecular weight excluding hydrogens is 308 g/mol. The van der Waals surface area contributed by atoms with Gasteiger partial charge < -0.3 is 0 Å². The summed E-state index contributed by atoms with van der Waals surface area (Å²) in [7, 11) is -3.62. The van der Waals surface area contributed by atoms with Crippen LogP contribution in [0.1, 0.15) is 45.1 Å². The third-order valence-corrected chi connectivity index (χ3v) is 5.96. The first-order chi connectivity index (χ1) is 9.76.